The van der Waals surface area contributed by atoms with Gasteiger partial charge >= 0.3 is 5.97 Å². The van der Waals surface area contributed by atoms with E-state index in [1.54, 1.807) is 6.92 Å². The van der Waals surface area contributed by atoms with Crippen molar-refractivity contribution in [2.24, 2.45) is 11.3 Å². The number of carbonyl (C=O) groups excluding carboxylic acids is 1. The lowest BCUT2D eigenvalue weighted by molar-refractivity contribution is -0.149. The summed E-state index contributed by atoms with van der Waals surface area (Å²) >= 11 is 0. The number of aryl methyl sites for hydroxylation is 1. The first kappa shape index (κ1) is 12.2. The van der Waals surface area contributed by atoms with E-state index in [1.165, 1.54) is 6.07 Å². The van der Waals surface area contributed by atoms with Gasteiger partial charge in [0.2, 0.25) is 0 Å². The Morgan fingerprint density at radius 1 is 1.58 bits per heavy atom. The lowest BCUT2D eigenvalue weighted by Crippen LogP contribution is -2.56. The van der Waals surface area contributed by atoms with Crippen LogP contribution >= 0.6 is 0 Å². The molecule has 3 aliphatic carbocycles. The lowest BCUT2D eigenvalue weighted by Gasteiger charge is -2.62. The van der Waals surface area contributed by atoms with Gasteiger partial charge in [-0.2, -0.15) is 0 Å². The third kappa shape index (κ3) is 2.11. The molecule has 0 aliphatic heterocycles. The van der Waals surface area contributed by atoms with Gasteiger partial charge in [0.25, 0.3) is 5.91 Å². The first-order chi connectivity index (χ1) is 8.97. The summed E-state index contributed by atoms with van der Waals surface area (Å²) < 4.78 is 4.81. The normalized spacial score (nSPS) is 29.0. The molecule has 0 spiro atoms. The van der Waals surface area contributed by atoms with Crippen LogP contribution in [0.3, 0.4) is 0 Å². The minimum atomic E-state index is -0.988. The molecule has 6 heteroatoms. The molecular weight excluding hydrogens is 248 g/mol. The molecule has 19 heavy (non-hydrogen) atoms. The molecule has 1 amide bonds. The highest BCUT2D eigenvalue weighted by molar-refractivity contribution is 5.94. The van der Waals surface area contributed by atoms with Gasteiger partial charge in [-0.15, -0.1) is 0 Å². The summed E-state index contributed by atoms with van der Waals surface area (Å²) in [7, 11) is 0. The van der Waals surface area contributed by atoms with E-state index in [-0.39, 0.29) is 11.1 Å². The van der Waals surface area contributed by atoms with E-state index < -0.39 is 17.9 Å². The summed E-state index contributed by atoms with van der Waals surface area (Å²) in [5.41, 5.74) is 0.294. The Balaban J connectivity index is 1.64. The standard InChI is InChI=1S/C13H16N2O4/c1-7-2-9(15-19-7)11(16)14-10(12(17)18)6-13-3-8(4-13)5-13/h2,8,10H,3-6H2,1H3,(H,14,16)(H,17,18)/t8?,10-,13?/m0/s1. The molecule has 4 rings (SSSR count). The molecule has 6 nitrogen and oxygen atoms in total. The van der Waals surface area contributed by atoms with Crippen molar-refractivity contribution in [3.63, 3.8) is 0 Å². The molecule has 3 saturated carbocycles. The molecular formula is C13H16N2O4. The second-order valence-corrected chi connectivity index (χ2v) is 5.87. The maximum Gasteiger partial charge on any atom is 0.326 e. The highest BCUT2D eigenvalue weighted by Crippen LogP contribution is 2.66. The van der Waals surface area contributed by atoms with E-state index in [4.69, 9.17) is 4.52 Å². The van der Waals surface area contributed by atoms with E-state index in [1.807, 2.05) is 0 Å². The molecule has 3 fully saturated rings. The van der Waals surface area contributed by atoms with Crippen LogP contribution in [-0.2, 0) is 4.79 Å². The number of carboxylic acids is 1. The molecule has 1 atom stereocenters. The summed E-state index contributed by atoms with van der Waals surface area (Å²) in [5.74, 6) is -0.158. The van der Waals surface area contributed by atoms with Crippen LogP contribution in [0, 0.1) is 18.3 Å². The molecule has 0 radical (unpaired) electrons. The zero-order valence-corrected chi connectivity index (χ0v) is 10.7. The first-order valence-electron chi connectivity index (χ1n) is 6.44. The molecule has 0 aromatic carbocycles. The molecule has 2 N–H and O–H groups in total. The van der Waals surface area contributed by atoms with Crippen LogP contribution in [0.4, 0.5) is 0 Å². The van der Waals surface area contributed by atoms with Gasteiger partial charge in [0.05, 0.1) is 0 Å². The Bertz CT molecular complexity index is 519. The van der Waals surface area contributed by atoms with Crippen molar-refractivity contribution in [3.05, 3.63) is 17.5 Å². The quantitative estimate of drug-likeness (QED) is 0.837. The second-order valence-electron chi connectivity index (χ2n) is 5.87. The number of aliphatic carboxylic acids is 1. The smallest absolute Gasteiger partial charge is 0.326 e. The highest BCUT2D eigenvalue weighted by atomic mass is 16.5. The Hall–Kier alpha value is -1.85. The van der Waals surface area contributed by atoms with Crippen molar-refractivity contribution in [3.8, 4) is 0 Å². The third-order valence-corrected chi connectivity index (χ3v) is 4.27. The van der Waals surface area contributed by atoms with Crippen LogP contribution in [0.1, 0.15) is 41.9 Å². The zero-order chi connectivity index (χ0) is 13.6. The lowest BCUT2D eigenvalue weighted by atomic mass is 9.43. The van der Waals surface area contributed by atoms with Crippen LogP contribution in [0.15, 0.2) is 10.6 Å². The molecule has 0 saturated heterocycles. The van der Waals surface area contributed by atoms with Crippen molar-refractivity contribution >= 4 is 11.9 Å². The molecule has 1 aromatic rings. The number of nitrogens with one attached hydrogen (secondary N) is 1. The van der Waals surface area contributed by atoms with Crippen LogP contribution in [-0.4, -0.2) is 28.2 Å². The number of amides is 1. The van der Waals surface area contributed by atoms with Gasteiger partial charge in [0, 0.05) is 6.07 Å². The van der Waals surface area contributed by atoms with Gasteiger partial charge in [-0.1, -0.05) is 5.16 Å². The summed E-state index contributed by atoms with van der Waals surface area (Å²) in [5, 5.41) is 15.3. The predicted octanol–water partition coefficient (Wildman–Crippen LogP) is 1.36. The number of carboxylic acid groups (broad SMARTS) is 1. The molecule has 1 aromatic heterocycles. The highest BCUT2D eigenvalue weighted by Gasteiger charge is 2.57. The molecule has 3 aliphatic rings. The third-order valence-electron chi connectivity index (χ3n) is 4.27. The van der Waals surface area contributed by atoms with Crippen molar-refractivity contribution < 1.29 is 19.2 Å². The second kappa shape index (κ2) is 4.08. The minimum absolute atomic E-state index is 0.126. The average molecular weight is 264 g/mol. The summed E-state index contributed by atoms with van der Waals surface area (Å²) in [6.45, 7) is 1.68. The number of rotatable bonds is 5. The Morgan fingerprint density at radius 3 is 2.68 bits per heavy atom. The van der Waals surface area contributed by atoms with E-state index in [0.717, 1.165) is 25.2 Å². The van der Waals surface area contributed by atoms with Gasteiger partial charge < -0.3 is 14.9 Å². The summed E-state index contributed by atoms with van der Waals surface area (Å²) in [4.78, 5) is 23.1. The Kier molecular flexibility index (Phi) is 2.62. The average Bonchev–Trinajstić information content (AvgIpc) is 2.65. The number of hydrogen-bond acceptors (Lipinski definition) is 4. The van der Waals surface area contributed by atoms with Crippen molar-refractivity contribution in [2.45, 2.75) is 38.6 Å². The fourth-order valence-corrected chi connectivity index (χ4v) is 3.25. The number of hydrogen-bond donors (Lipinski definition) is 2. The monoisotopic (exact) mass is 264 g/mol. The predicted molar refractivity (Wildman–Crippen MR) is 64.5 cm³/mol. The molecule has 102 valence electrons. The van der Waals surface area contributed by atoms with E-state index in [0.29, 0.717) is 12.2 Å². The molecule has 2 bridgehead atoms. The topological polar surface area (TPSA) is 92.4 Å². The van der Waals surface area contributed by atoms with E-state index in [9.17, 15) is 14.7 Å². The van der Waals surface area contributed by atoms with Crippen molar-refractivity contribution in [1.82, 2.24) is 10.5 Å². The van der Waals surface area contributed by atoms with Gasteiger partial charge in [-0.25, -0.2) is 4.79 Å². The van der Waals surface area contributed by atoms with E-state index >= 15 is 0 Å². The van der Waals surface area contributed by atoms with E-state index in [2.05, 4.69) is 10.5 Å². The summed E-state index contributed by atoms with van der Waals surface area (Å²) in [6.07, 6.45) is 3.84. The molecule has 0 unspecified atom stereocenters. The zero-order valence-electron chi connectivity index (χ0n) is 10.7. The van der Waals surface area contributed by atoms with Crippen LogP contribution < -0.4 is 5.32 Å². The fraction of sp³-hybridized carbons (Fsp3) is 0.615. The van der Waals surface area contributed by atoms with Crippen LogP contribution in [0.2, 0.25) is 0 Å². The number of carbonyl (C=O) groups is 2. The van der Waals surface area contributed by atoms with Crippen molar-refractivity contribution in [1.29, 1.82) is 0 Å². The Labute approximate surface area is 110 Å². The maximum atomic E-state index is 11.9. The first-order valence-corrected chi connectivity index (χ1v) is 6.44. The van der Waals surface area contributed by atoms with Gasteiger partial charge in [-0.05, 0) is 43.9 Å². The Morgan fingerprint density at radius 2 is 2.26 bits per heavy atom. The summed E-state index contributed by atoms with van der Waals surface area (Å²) in [6, 6.07) is 0.653. The maximum absolute atomic E-state index is 11.9. The van der Waals surface area contributed by atoms with Gasteiger partial charge in [0.15, 0.2) is 5.69 Å². The van der Waals surface area contributed by atoms with Crippen molar-refractivity contribution in [2.75, 3.05) is 0 Å². The SMILES string of the molecule is Cc1cc(C(=O)N[C@@H](CC23CC(C2)C3)C(=O)O)no1. The van der Waals surface area contributed by atoms with Crippen LogP contribution in [0.25, 0.3) is 0 Å². The van der Waals surface area contributed by atoms with Gasteiger partial charge in [0.1, 0.15) is 11.8 Å². The minimum Gasteiger partial charge on any atom is -0.480 e. The number of nitrogens with zero attached hydrogens (tertiary/aromatic N) is 1. The van der Waals surface area contributed by atoms with Crippen LogP contribution in [0.5, 0.6) is 0 Å². The fourth-order valence-electron chi connectivity index (χ4n) is 3.25. The molecule has 1 heterocycles. The van der Waals surface area contributed by atoms with Gasteiger partial charge in [-0.3, -0.25) is 4.79 Å². The number of aromatic nitrogens is 1. The largest absolute Gasteiger partial charge is 0.480 e.